The molecular weight excluding hydrogens is 546 g/mol. The van der Waals surface area contributed by atoms with Crippen molar-refractivity contribution in [2.75, 3.05) is 20.3 Å². The highest BCUT2D eigenvalue weighted by atomic mass is 19.4. The number of imidazole rings is 1. The van der Waals surface area contributed by atoms with Gasteiger partial charge in [0.15, 0.2) is 11.5 Å². The molecule has 1 aliphatic carbocycles. The summed E-state index contributed by atoms with van der Waals surface area (Å²) in [5.74, 6) is -5.26. The van der Waals surface area contributed by atoms with Crippen LogP contribution in [0.4, 0.5) is 31.1 Å². The summed E-state index contributed by atoms with van der Waals surface area (Å²) in [6.07, 6.45) is -2.43. The smallest absolute Gasteiger partial charge is 0.382 e. The molecule has 2 aromatic heterocycles. The second kappa shape index (κ2) is 11.3. The maximum absolute atomic E-state index is 14.4. The van der Waals surface area contributed by atoms with E-state index < -0.39 is 60.5 Å². The summed E-state index contributed by atoms with van der Waals surface area (Å²) in [5, 5.41) is 8.78. The fourth-order valence-electron chi connectivity index (χ4n) is 5.04. The number of methoxy groups -OCH3 is 1. The monoisotopic (exact) mass is 576 g/mol. The quantitative estimate of drug-likeness (QED) is 0.353. The van der Waals surface area contributed by atoms with E-state index in [4.69, 9.17) is 4.74 Å². The molecule has 1 saturated carbocycles. The van der Waals surface area contributed by atoms with Crippen molar-refractivity contribution < 1.29 is 40.7 Å². The zero-order valence-electron chi connectivity index (χ0n) is 22.1. The van der Waals surface area contributed by atoms with Crippen LogP contribution in [0, 0.1) is 5.92 Å². The van der Waals surface area contributed by atoms with Crippen molar-refractivity contribution in [3.8, 4) is 0 Å². The molecule has 9 nitrogen and oxygen atoms in total. The second-order valence-corrected chi connectivity index (χ2v) is 10.4. The van der Waals surface area contributed by atoms with Gasteiger partial charge in [-0.1, -0.05) is 0 Å². The molecule has 3 atom stereocenters. The Morgan fingerprint density at radius 3 is 2.52 bits per heavy atom. The van der Waals surface area contributed by atoms with Gasteiger partial charge in [0.05, 0.1) is 43.3 Å². The molecule has 0 bridgehead atoms. The Bertz CT molecular complexity index is 1280. The first-order chi connectivity index (χ1) is 18.7. The molecule has 2 fully saturated rings. The van der Waals surface area contributed by atoms with Gasteiger partial charge in [0, 0.05) is 25.5 Å². The predicted molar refractivity (Wildman–Crippen MR) is 130 cm³/mol. The summed E-state index contributed by atoms with van der Waals surface area (Å²) in [7, 11) is 1.34. The molecule has 3 heterocycles. The number of ether oxygens (including phenoxy) is 1. The first kappa shape index (κ1) is 29.6. The van der Waals surface area contributed by atoms with E-state index in [0.29, 0.717) is 5.56 Å². The van der Waals surface area contributed by atoms with Crippen molar-refractivity contribution in [3.05, 3.63) is 41.1 Å². The molecule has 4 rings (SSSR count). The van der Waals surface area contributed by atoms with E-state index in [9.17, 15) is 35.9 Å². The molecule has 0 aromatic carbocycles. The third-order valence-corrected chi connectivity index (χ3v) is 7.26. The van der Waals surface area contributed by atoms with Crippen LogP contribution in [0.15, 0.2) is 29.9 Å². The van der Waals surface area contributed by atoms with Crippen molar-refractivity contribution in [1.29, 1.82) is 0 Å². The molecule has 0 unspecified atom stereocenters. The van der Waals surface area contributed by atoms with Gasteiger partial charge >= 0.3 is 12.2 Å². The van der Waals surface area contributed by atoms with E-state index in [2.05, 4.69) is 15.4 Å². The number of fused-ring (bicyclic) bond motifs is 1. The highest BCUT2D eigenvalue weighted by Crippen LogP contribution is 2.41. The van der Waals surface area contributed by atoms with Crippen LogP contribution in [0.5, 0.6) is 0 Å². The highest BCUT2D eigenvalue weighted by molar-refractivity contribution is 5.92. The number of aromatic nitrogens is 3. The molecule has 40 heavy (non-hydrogen) atoms. The zero-order valence-corrected chi connectivity index (χ0v) is 22.1. The minimum absolute atomic E-state index is 0.0707. The van der Waals surface area contributed by atoms with Crippen molar-refractivity contribution in [2.24, 2.45) is 5.92 Å². The Balaban J connectivity index is 1.66. The molecule has 2 N–H and O–H groups in total. The van der Waals surface area contributed by atoms with E-state index >= 15 is 0 Å². The van der Waals surface area contributed by atoms with Crippen molar-refractivity contribution in [1.82, 2.24) is 30.1 Å². The summed E-state index contributed by atoms with van der Waals surface area (Å²) in [6, 6.07) is -3.25. The Labute approximate surface area is 225 Å². The van der Waals surface area contributed by atoms with Crippen LogP contribution < -0.4 is 10.6 Å². The first-order valence-electron chi connectivity index (χ1n) is 12.7. The van der Waals surface area contributed by atoms with E-state index in [-0.39, 0.29) is 49.2 Å². The predicted octanol–water partition coefficient (Wildman–Crippen LogP) is 4.62. The lowest BCUT2D eigenvalue weighted by atomic mass is 9.81. The van der Waals surface area contributed by atoms with E-state index in [1.165, 1.54) is 43.9 Å². The number of urea groups is 1. The van der Waals surface area contributed by atoms with E-state index in [1.54, 1.807) is 0 Å². The number of carbonyl (C=O) groups is 2. The van der Waals surface area contributed by atoms with Gasteiger partial charge in [-0.05, 0) is 44.2 Å². The van der Waals surface area contributed by atoms with E-state index in [1.807, 2.05) is 5.32 Å². The molecule has 2 aliphatic rings. The number of amides is 3. The molecule has 1 aliphatic heterocycles. The number of nitrogens with zero attached hydrogens (tertiary/aromatic N) is 4. The van der Waals surface area contributed by atoms with E-state index in [0.717, 1.165) is 4.90 Å². The van der Waals surface area contributed by atoms with Gasteiger partial charge in [-0.25, -0.2) is 27.5 Å². The number of allylic oxidation sites excluding steroid dienone is 1. The van der Waals surface area contributed by atoms with Crippen molar-refractivity contribution >= 4 is 17.6 Å². The SMILES string of the molecule is COC[C@H](c1cnn2cc([C@@H](NC(=O)C(F)=C(C)C)C3CCC(F)(F)CC3)nc2c1)N1C[C@@H](C(F)(F)F)NC1=O. The minimum Gasteiger partial charge on any atom is -0.382 e. The standard InChI is InChI=1S/C25H30F6N6O3/c1-13(2)20(26)22(38)35-21(14-4-6-24(27,28)7-5-14)16-10-37-19(33-16)8-15(9-32-37)17(12-40-3)36-11-18(25(29,30)31)34-23(36)39/h8-10,14,17-18,21H,4-7,11-12H2,1-3H3,(H,34,39)(H,35,38)/t17-,18+,21+/m1/s1. The summed E-state index contributed by atoms with van der Waals surface area (Å²) < 4.78 is 88.3. The molecular formula is C25H30F6N6O3. The second-order valence-electron chi connectivity index (χ2n) is 10.4. The molecule has 0 spiro atoms. The summed E-state index contributed by atoms with van der Waals surface area (Å²) in [6.45, 7) is 2.10. The fraction of sp³-hybridized carbons (Fsp3) is 0.600. The number of hydrogen-bond acceptors (Lipinski definition) is 5. The van der Waals surface area contributed by atoms with Gasteiger partial charge in [-0.2, -0.15) is 18.3 Å². The lowest BCUT2D eigenvalue weighted by molar-refractivity contribution is -0.150. The topological polar surface area (TPSA) is 101 Å². The first-order valence-corrected chi connectivity index (χ1v) is 12.7. The number of rotatable bonds is 8. The average molecular weight is 577 g/mol. The molecule has 1 saturated heterocycles. The Kier molecular flexibility index (Phi) is 8.33. The van der Waals surface area contributed by atoms with Crippen LogP contribution in [-0.4, -0.2) is 69.8 Å². The van der Waals surface area contributed by atoms with Crippen LogP contribution in [-0.2, 0) is 9.53 Å². The number of carbonyl (C=O) groups excluding carboxylic acids is 2. The van der Waals surface area contributed by atoms with Crippen molar-refractivity contribution in [2.45, 2.75) is 69.8 Å². The molecule has 220 valence electrons. The molecule has 2 aromatic rings. The van der Waals surface area contributed by atoms with Gasteiger partial charge in [0.25, 0.3) is 5.91 Å². The number of alkyl halides is 5. The normalized spacial score (nSPS) is 21.3. The van der Waals surface area contributed by atoms with Crippen LogP contribution in [0.2, 0.25) is 0 Å². The Morgan fingerprint density at radius 1 is 1.27 bits per heavy atom. The van der Waals surface area contributed by atoms with Crippen LogP contribution in [0.3, 0.4) is 0 Å². The summed E-state index contributed by atoms with van der Waals surface area (Å²) >= 11 is 0. The third-order valence-electron chi connectivity index (χ3n) is 7.26. The Morgan fingerprint density at radius 2 is 1.95 bits per heavy atom. The fourth-order valence-corrected chi connectivity index (χ4v) is 5.04. The minimum atomic E-state index is -4.63. The average Bonchev–Trinajstić information content (AvgIpc) is 3.48. The molecule has 0 radical (unpaired) electrons. The van der Waals surface area contributed by atoms with Crippen LogP contribution in [0.1, 0.15) is 62.9 Å². The molecule has 15 heteroatoms. The van der Waals surface area contributed by atoms with Crippen LogP contribution in [0.25, 0.3) is 5.65 Å². The number of nitrogens with one attached hydrogen (secondary N) is 2. The Hall–Kier alpha value is -3.36. The summed E-state index contributed by atoms with van der Waals surface area (Å²) in [4.78, 5) is 30.5. The van der Waals surface area contributed by atoms with Gasteiger partial charge in [0.1, 0.15) is 6.04 Å². The van der Waals surface area contributed by atoms with Crippen LogP contribution >= 0.6 is 0 Å². The highest BCUT2D eigenvalue weighted by Gasteiger charge is 2.48. The lowest BCUT2D eigenvalue weighted by Gasteiger charge is -2.33. The summed E-state index contributed by atoms with van der Waals surface area (Å²) in [5.41, 5.74) is 0.978. The van der Waals surface area contributed by atoms with Gasteiger partial charge in [0.2, 0.25) is 5.92 Å². The zero-order chi connectivity index (χ0) is 29.4. The maximum Gasteiger partial charge on any atom is 0.410 e. The number of halogens is 6. The number of hydrogen-bond donors (Lipinski definition) is 2. The largest absolute Gasteiger partial charge is 0.410 e. The maximum atomic E-state index is 14.4. The van der Waals surface area contributed by atoms with Gasteiger partial charge in [-0.15, -0.1) is 0 Å². The van der Waals surface area contributed by atoms with Gasteiger partial charge in [-0.3, -0.25) is 4.79 Å². The molecule has 3 amide bonds. The van der Waals surface area contributed by atoms with Gasteiger partial charge < -0.3 is 20.3 Å². The lowest BCUT2D eigenvalue weighted by Crippen LogP contribution is -2.40. The third kappa shape index (κ3) is 6.34. The van der Waals surface area contributed by atoms with Crippen molar-refractivity contribution in [3.63, 3.8) is 0 Å².